The van der Waals surface area contributed by atoms with Gasteiger partial charge in [-0.1, -0.05) is 59.6 Å². The van der Waals surface area contributed by atoms with Gasteiger partial charge in [0.1, 0.15) is 12.4 Å². The average molecular weight is 390 g/mol. The van der Waals surface area contributed by atoms with Crippen molar-refractivity contribution < 1.29 is 9.84 Å². The van der Waals surface area contributed by atoms with E-state index in [9.17, 15) is 5.11 Å². The first kappa shape index (κ1) is 19.0. The fourth-order valence-corrected chi connectivity index (χ4v) is 3.37. The Morgan fingerprint density at radius 2 is 1.69 bits per heavy atom. The summed E-state index contributed by atoms with van der Waals surface area (Å²) in [7, 11) is 0. The number of benzene rings is 3. The van der Waals surface area contributed by atoms with Gasteiger partial charge in [-0.15, -0.1) is 0 Å². The van der Waals surface area contributed by atoms with E-state index in [0.717, 1.165) is 27.6 Å². The summed E-state index contributed by atoms with van der Waals surface area (Å²) in [6.45, 7) is 3.16. The zero-order valence-electron chi connectivity index (χ0n) is 14.5. The van der Waals surface area contributed by atoms with Crippen molar-refractivity contribution in [3.63, 3.8) is 0 Å². The van der Waals surface area contributed by atoms with Crippen LogP contribution in [0.15, 0.2) is 54.6 Å². The molecule has 3 rings (SSSR count). The van der Waals surface area contributed by atoms with Crippen LogP contribution in [0.1, 0.15) is 18.1 Å². The summed E-state index contributed by atoms with van der Waals surface area (Å²) in [5.74, 6) is 0.776. The lowest BCUT2D eigenvalue weighted by Gasteiger charge is -2.16. The fraction of sp³-hybridized carbons (Fsp3) is 0.238. The topological polar surface area (TPSA) is 41.5 Å². The molecule has 0 radical (unpaired) electrons. The summed E-state index contributed by atoms with van der Waals surface area (Å²) in [5.41, 5.74) is 1.82. The third-order valence-corrected chi connectivity index (χ3v) is 4.88. The first-order valence-corrected chi connectivity index (χ1v) is 9.27. The molecule has 3 aromatic carbocycles. The van der Waals surface area contributed by atoms with E-state index in [1.54, 1.807) is 19.1 Å². The molecule has 3 nitrogen and oxygen atoms in total. The SMILES string of the molecule is C[C@H](O)CNCc1c(OCc2c(Cl)cccc2Cl)ccc2ccccc12. The van der Waals surface area contributed by atoms with Gasteiger partial charge in [-0.3, -0.25) is 0 Å². The molecule has 0 saturated heterocycles. The molecule has 0 amide bonds. The number of aliphatic hydroxyl groups excluding tert-OH is 1. The molecule has 0 aliphatic carbocycles. The second-order valence-corrected chi connectivity index (χ2v) is 7.05. The van der Waals surface area contributed by atoms with Gasteiger partial charge in [-0.2, -0.15) is 0 Å². The molecule has 136 valence electrons. The molecule has 0 aromatic heterocycles. The van der Waals surface area contributed by atoms with Crippen molar-refractivity contribution in [3.8, 4) is 5.75 Å². The molecule has 2 N–H and O–H groups in total. The van der Waals surface area contributed by atoms with Crippen LogP contribution >= 0.6 is 23.2 Å². The third-order valence-electron chi connectivity index (χ3n) is 4.17. The Labute approximate surface area is 163 Å². The molecule has 0 aliphatic heterocycles. The Hall–Kier alpha value is -1.78. The minimum atomic E-state index is -0.406. The first-order valence-electron chi connectivity index (χ1n) is 8.51. The van der Waals surface area contributed by atoms with E-state index in [0.29, 0.717) is 29.7 Å². The zero-order valence-corrected chi connectivity index (χ0v) is 16.0. The highest BCUT2D eigenvalue weighted by Gasteiger charge is 2.12. The van der Waals surface area contributed by atoms with E-state index >= 15 is 0 Å². The highest BCUT2D eigenvalue weighted by atomic mass is 35.5. The summed E-state index contributed by atoms with van der Waals surface area (Å²) in [5, 5.41) is 16.2. The third kappa shape index (κ3) is 4.49. The standard InChI is InChI=1S/C21H21Cl2NO2/c1-14(25)11-24-12-17-16-6-3-2-5-15(16)9-10-21(17)26-13-18-19(22)7-4-8-20(18)23/h2-10,14,24-25H,11-13H2,1H3/t14-/m0/s1. The van der Waals surface area contributed by atoms with E-state index in [1.165, 1.54) is 0 Å². The minimum absolute atomic E-state index is 0.292. The number of nitrogens with one attached hydrogen (secondary N) is 1. The molecule has 0 heterocycles. The fourth-order valence-electron chi connectivity index (χ4n) is 2.86. The minimum Gasteiger partial charge on any atom is -0.488 e. The predicted molar refractivity (Wildman–Crippen MR) is 108 cm³/mol. The number of hydrogen-bond acceptors (Lipinski definition) is 3. The predicted octanol–water partition coefficient (Wildman–Crippen LogP) is 5.20. The maximum Gasteiger partial charge on any atom is 0.124 e. The quantitative estimate of drug-likeness (QED) is 0.583. The van der Waals surface area contributed by atoms with Crippen LogP contribution in [0.3, 0.4) is 0 Å². The van der Waals surface area contributed by atoms with Crippen molar-refractivity contribution in [3.05, 3.63) is 75.8 Å². The lowest BCUT2D eigenvalue weighted by atomic mass is 10.0. The van der Waals surface area contributed by atoms with Gasteiger partial charge in [-0.05, 0) is 35.9 Å². The highest BCUT2D eigenvalue weighted by molar-refractivity contribution is 6.35. The molecule has 0 saturated carbocycles. The van der Waals surface area contributed by atoms with Crippen LogP contribution < -0.4 is 10.1 Å². The van der Waals surface area contributed by atoms with Crippen molar-refractivity contribution in [1.82, 2.24) is 5.32 Å². The summed E-state index contributed by atoms with van der Waals surface area (Å²) in [6, 6.07) is 17.6. The molecule has 3 aromatic rings. The molecule has 26 heavy (non-hydrogen) atoms. The number of hydrogen-bond donors (Lipinski definition) is 2. The molecule has 0 unspecified atom stereocenters. The molecule has 0 fully saturated rings. The van der Waals surface area contributed by atoms with Gasteiger partial charge >= 0.3 is 0 Å². The van der Waals surface area contributed by atoms with Crippen LogP contribution in [-0.2, 0) is 13.2 Å². The Morgan fingerprint density at radius 1 is 0.962 bits per heavy atom. The maximum atomic E-state index is 9.50. The van der Waals surface area contributed by atoms with Crippen LogP contribution in [0.2, 0.25) is 10.0 Å². The second kappa shape index (κ2) is 8.74. The first-order chi connectivity index (χ1) is 12.6. The smallest absolute Gasteiger partial charge is 0.124 e. The summed E-state index contributed by atoms with van der Waals surface area (Å²) >= 11 is 12.5. The zero-order chi connectivity index (χ0) is 18.5. The van der Waals surface area contributed by atoms with E-state index in [-0.39, 0.29) is 0 Å². The molecule has 5 heteroatoms. The van der Waals surface area contributed by atoms with E-state index in [2.05, 4.69) is 17.4 Å². The number of ether oxygens (including phenoxy) is 1. The molecule has 0 spiro atoms. The number of halogens is 2. The maximum absolute atomic E-state index is 9.50. The van der Waals surface area contributed by atoms with Gasteiger partial charge in [-0.25, -0.2) is 0 Å². The molecule has 1 atom stereocenters. The van der Waals surface area contributed by atoms with Gasteiger partial charge in [0.15, 0.2) is 0 Å². The van der Waals surface area contributed by atoms with Gasteiger partial charge in [0.05, 0.1) is 6.10 Å². The second-order valence-electron chi connectivity index (χ2n) is 6.23. The van der Waals surface area contributed by atoms with Crippen LogP contribution in [0.4, 0.5) is 0 Å². The van der Waals surface area contributed by atoms with E-state index in [4.69, 9.17) is 27.9 Å². The van der Waals surface area contributed by atoms with Crippen LogP contribution in [-0.4, -0.2) is 17.8 Å². The Morgan fingerprint density at radius 3 is 2.42 bits per heavy atom. The van der Waals surface area contributed by atoms with Crippen LogP contribution in [0.5, 0.6) is 5.75 Å². The van der Waals surface area contributed by atoms with E-state index in [1.807, 2.05) is 30.3 Å². The normalized spacial score (nSPS) is 12.3. The molecule has 0 aliphatic rings. The van der Waals surface area contributed by atoms with Crippen molar-refractivity contribution >= 4 is 34.0 Å². The number of aliphatic hydroxyl groups is 1. The van der Waals surface area contributed by atoms with Crippen molar-refractivity contribution in [2.75, 3.05) is 6.54 Å². The molecule has 0 bridgehead atoms. The Balaban J connectivity index is 1.89. The number of rotatable bonds is 7. The summed E-state index contributed by atoms with van der Waals surface area (Å²) in [4.78, 5) is 0. The average Bonchev–Trinajstić information content (AvgIpc) is 2.62. The van der Waals surface area contributed by atoms with Crippen LogP contribution in [0, 0.1) is 0 Å². The van der Waals surface area contributed by atoms with Crippen molar-refractivity contribution in [2.24, 2.45) is 0 Å². The van der Waals surface area contributed by atoms with Crippen molar-refractivity contribution in [2.45, 2.75) is 26.2 Å². The lowest BCUT2D eigenvalue weighted by molar-refractivity contribution is 0.190. The molecular formula is C21H21Cl2NO2. The largest absolute Gasteiger partial charge is 0.488 e. The van der Waals surface area contributed by atoms with Crippen molar-refractivity contribution in [1.29, 1.82) is 0 Å². The lowest BCUT2D eigenvalue weighted by Crippen LogP contribution is -2.24. The summed E-state index contributed by atoms with van der Waals surface area (Å²) in [6.07, 6.45) is -0.406. The number of fused-ring (bicyclic) bond motifs is 1. The summed E-state index contributed by atoms with van der Waals surface area (Å²) < 4.78 is 6.08. The highest BCUT2D eigenvalue weighted by Crippen LogP contribution is 2.31. The van der Waals surface area contributed by atoms with E-state index < -0.39 is 6.10 Å². The van der Waals surface area contributed by atoms with Gasteiger partial charge in [0.25, 0.3) is 0 Å². The monoisotopic (exact) mass is 389 g/mol. The Kier molecular flexibility index (Phi) is 6.38. The Bertz CT molecular complexity index is 876. The van der Waals surface area contributed by atoms with Gasteiger partial charge in [0, 0.05) is 34.3 Å². The van der Waals surface area contributed by atoms with Crippen LogP contribution in [0.25, 0.3) is 10.8 Å². The van der Waals surface area contributed by atoms with Gasteiger partial charge < -0.3 is 15.2 Å². The molecular weight excluding hydrogens is 369 g/mol. The van der Waals surface area contributed by atoms with Gasteiger partial charge in [0.2, 0.25) is 0 Å².